The maximum absolute atomic E-state index is 13.1. The van der Waals surface area contributed by atoms with Crippen LogP contribution in [-0.4, -0.2) is 51.1 Å². The number of ketones is 1. The van der Waals surface area contributed by atoms with Gasteiger partial charge in [0.2, 0.25) is 12.5 Å². The Hall–Kier alpha value is -2.18. The lowest BCUT2D eigenvalue weighted by molar-refractivity contribution is -0.922. The second-order valence-corrected chi connectivity index (χ2v) is 8.72. The van der Waals surface area contributed by atoms with Crippen molar-refractivity contribution in [1.29, 1.82) is 0 Å². The quantitative estimate of drug-likeness (QED) is 0.430. The molecule has 0 saturated carbocycles. The molecule has 2 heterocycles. The minimum absolute atomic E-state index is 0.000858. The number of thioether (sulfide) groups is 1. The van der Waals surface area contributed by atoms with Crippen LogP contribution in [-0.2, 0) is 6.42 Å². The first kappa shape index (κ1) is 19.2. The van der Waals surface area contributed by atoms with E-state index in [1.165, 1.54) is 5.56 Å². The summed E-state index contributed by atoms with van der Waals surface area (Å²) < 4.78 is 17.8. The molecule has 0 N–H and O–H groups in total. The number of likely N-dealkylation sites (N-methyl/N-ethyl adjacent to an activating group) is 1. The SMILES string of the molecule is COc1c2c(cc3c1[C@@H](CC(=O)c1ccc(SC)cc1)[N+](C)(C)CC3)OCO2. The van der Waals surface area contributed by atoms with E-state index in [4.69, 9.17) is 14.2 Å². The van der Waals surface area contributed by atoms with Crippen LogP contribution in [0.25, 0.3) is 0 Å². The number of quaternary nitrogens is 1. The number of methoxy groups -OCH3 is 1. The van der Waals surface area contributed by atoms with Gasteiger partial charge in [-0.2, -0.15) is 0 Å². The zero-order valence-electron chi connectivity index (χ0n) is 16.8. The van der Waals surface area contributed by atoms with Crippen molar-refractivity contribution < 1.29 is 23.5 Å². The molecule has 5 nitrogen and oxygen atoms in total. The minimum atomic E-state index is 0.000858. The van der Waals surface area contributed by atoms with Crippen LogP contribution in [0.3, 0.4) is 0 Å². The molecule has 6 heteroatoms. The van der Waals surface area contributed by atoms with Crippen molar-refractivity contribution >= 4 is 17.5 Å². The maximum Gasteiger partial charge on any atom is 0.231 e. The van der Waals surface area contributed by atoms with E-state index < -0.39 is 0 Å². The molecule has 1 atom stereocenters. The highest BCUT2D eigenvalue weighted by Gasteiger charge is 2.42. The first-order valence-corrected chi connectivity index (χ1v) is 10.7. The third-order valence-electron chi connectivity index (χ3n) is 5.87. The summed E-state index contributed by atoms with van der Waals surface area (Å²) in [6.07, 6.45) is 3.38. The summed E-state index contributed by atoms with van der Waals surface area (Å²) in [5, 5.41) is 0. The number of nitrogens with zero attached hydrogens (tertiary/aromatic N) is 1. The number of benzene rings is 2. The summed E-state index contributed by atoms with van der Waals surface area (Å²) in [4.78, 5) is 14.3. The van der Waals surface area contributed by atoms with Crippen molar-refractivity contribution in [2.45, 2.75) is 23.8 Å². The second-order valence-electron chi connectivity index (χ2n) is 7.84. The molecular weight excluding hydrogens is 374 g/mol. The van der Waals surface area contributed by atoms with Crippen LogP contribution in [0, 0.1) is 0 Å². The van der Waals surface area contributed by atoms with E-state index in [0.29, 0.717) is 17.9 Å². The average Bonchev–Trinajstić information content (AvgIpc) is 3.16. The van der Waals surface area contributed by atoms with E-state index in [-0.39, 0.29) is 18.6 Å². The fourth-order valence-corrected chi connectivity index (χ4v) is 4.59. The Morgan fingerprint density at radius 3 is 2.68 bits per heavy atom. The summed E-state index contributed by atoms with van der Waals surface area (Å²) in [5.74, 6) is 2.26. The van der Waals surface area contributed by atoms with Gasteiger partial charge in [-0.3, -0.25) is 4.79 Å². The largest absolute Gasteiger partial charge is 0.492 e. The molecule has 0 amide bonds. The summed E-state index contributed by atoms with van der Waals surface area (Å²) >= 11 is 1.67. The lowest BCUT2D eigenvalue weighted by atomic mass is 9.86. The van der Waals surface area contributed by atoms with Gasteiger partial charge in [0.05, 0.1) is 39.7 Å². The standard InChI is InChI=1S/C22H26NO4S/c1-23(2)10-9-15-11-19-21(27-13-26-19)22(25-3)20(15)17(23)12-18(24)14-5-7-16(28-4)8-6-14/h5-8,11,17H,9-10,12-13H2,1-4H3/q+1/t17-/m1/s1. The Bertz CT molecular complexity index is 908. The minimum Gasteiger partial charge on any atom is -0.492 e. The Morgan fingerprint density at radius 1 is 1.25 bits per heavy atom. The summed E-state index contributed by atoms with van der Waals surface area (Å²) in [5.41, 5.74) is 3.02. The predicted octanol–water partition coefficient (Wildman–Crippen LogP) is 4.09. The van der Waals surface area contributed by atoms with Gasteiger partial charge in [-0.05, 0) is 30.0 Å². The van der Waals surface area contributed by atoms with Crippen molar-refractivity contribution in [2.75, 3.05) is 40.8 Å². The van der Waals surface area contributed by atoms with Gasteiger partial charge in [0.1, 0.15) is 6.04 Å². The van der Waals surface area contributed by atoms with E-state index in [1.54, 1.807) is 18.9 Å². The molecule has 2 aromatic rings. The average molecular weight is 401 g/mol. The summed E-state index contributed by atoms with van der Waals surface area (Å²) in [6, 6.07) is 9.92. The highest BCUT2D eigenvalue weighted by molar-refractivity contribution is 7.98. The van der Waals surface area contributed by atoms with Crippen LogP contribution in [0.15, 0.2) is 35.2 Å². The first-order valence-electron chi connectivity index (χ1n) is 9.44. The molecule has 0 aliphatic carbocycles. The molecular formula is C22H26NO4S+. The highest BCUT2D eigenvalue weighted by atomic mass is 32.2. The van der Waals surface area contributed by atoms with Gasteiger partial charge in [0.15, 0.2) is 17.3 Å². The number of ether oxygens (including phenoxy) is 3. The second kappa shape index (κ2) is 7.33. The fourth-order valence-electron chi connectivity index (χ4n) is 4.19. The number of hydrogen-bond donors (Lipinski definition) is 0. The fraction of sp³-hybridized carbons (Fsp3) is 0.409. The third kappa shape index (κ3) is 3.25. The van der Waals surface area contributed by atoms with E-state index >= 15 is 0 Å². The first-order chi connectivity index (χ1) is 13.4. The van der Waals surface area contributed by atoms with E-state index in [1.807, 2.05) is 30.5 Å². The van der Waals surface area contributed by atoms with Crippen LogP contribution >= 0.6 is 11.8 Å². The van der Waals surface area contributed by atoms with Gasteiger partial charge >= 0.3 is 0 Å². The molecule has 2 aliphatic heterocycles. The van der Waals surface area contributed by atoms with Crippen molar-refractivity contribution in [3.8, 4) is 17.2 Å². The molecule has 0 bridgehead atoms. The molecule has 0 aromatic heterocycles. The molecule has 0 unspecified atom stereocenters. The zero-order chi connectivity index (χ0) is 19.9. The number of carbonyl (C=O) groups excluding carboxylic acids is 1. The predicted molar refractivity (Wildman–Crippen MR) is 110 cm³/mol. The molecule has 148 valence electrons. The van der Waals surface area contributed by atoms with Crippen LogP contribution in [0.4, 0.5) is 0 Å². The van der Waals surface area contributed by atoms with Crippen molar-refractivity contribution in [3.05, 3.63) is 47.0 Å². The monoisotopic (exact) mass is 400 g/mol. The van der Waals surface area contributed by atoms with Crippen molar-refractivity contribution in [1.82, 2.24) is 0 Å². The Morgan fingerprint density at radius 2 is 2.00 bits per heavy atom. The lowest BCUT2D eigenvalue weighted by Gasteiger charge is -2.43. The van der Waals surface area contributed by atoms with Crippen LogP contribution in [0.1, 0.15) is 33.9 Å². The number of rotatable bonds is 5. The van der Waals surface area contributed by atoms with Gasteiger partial charge in [-0.25, -0.2) is 0 Å². The molecule has 0 spiro atoms. The molecule has 28 heavy (non-hydrogen) atoms. The zero-order valence-corrected chi connectivity index (χ0v) is 17.6. The molecule has 4 rings (SSSR count). The summed E-state index contributed by atoms with van der Waals surface area (Å²) in [6.45, 7) is 1.16. The smallest absolute Gasteiger partial charge is 0.231 e. The van der Waals surface area contributed by atoms with Gasteiger partial charge in [0, 0.05) is 16.9 Å². The summed E-state index contributed by atoms with van der Waals surface area (Å²) in [7, 11) is 6.02. The normalized spacial score (nSPS) is 19.2. The Balaban J connectivity index is 1.73. The van der Waals surface area contributed by atoms with Gasteiger partial charge in [0.25, 0.3) is 0 Å². The highest BCUT2D eigenvalue weighted by Crippen LogP contribution is 2.51. The molecule has 0 radical (unpaired) electrons. The number of fused-ring (bicyclic) bond motifs is 2. The van der Waals surface area contributed by atoms with Crippen LogP contribution < -0.4 is 14.2 Å². The molecule has 2 aromatic carbocycles. The number of carbonyl (C=O) groups is 1. The lowest BCUT2D eigenvalue weighted by Crippen LogP contribution is -2.48. The Kier molecular flexibility index (Phi) is 5.02. The topological polar surface area (TPSA) is 44.8 Å². The molecule has 0 saturated heterocycles. The number of Topliss-reactive ketones (excluding diaryl/α,β-unsaturated/α-hetero) is 1. The van der Waals surface area contributed by atoms with E-state index in [0.717, 1.165) is 39.2 Å². The van der Waals surface area contributed by atoms with Crippen molar-refractivity contribution in [2.24, 2.45) is 0 Å². The third-order valence-corrected chi connectivity index (χ3v) is 6.62. The molecule has 0 fully saturated rings. The Labute approximate surface area is 170 Å². The van der Waals surface area contributed by atoms with Gasteiger partial charge in [-0.1, -0.05) is 12.1 Å². The van der Waals surface area contributed by atoms with Gasteiger partial charge in [-0.15, -0.1) is 11.8 Å². The van der Waals surface area contributed by atoms with Gasteiger partial charge < -0.3 is 18.7 Å². The van der Waals surface area contributed by atoms with Crippen molar-refractivity contribution in [3.63, 3.8) is 0 Å². The maximum atomic E-state index is 13.1. The van der Waals surface area contributed by atoms with Crippen LogP contribution in [0.5, 0.6) is 17.2 Å². The van der Waals surface area contributed by atoms with E-state index in [2.05, 4.69) is 20.2 Å². The van der Waals surface area contributed by atoms with Crippen LogP contribution in [0.2, 0.25) is 0 Å². The number of hydrogen-bond acceptors (Lipinski definition) is 5. The molecule has 2 aliphatic rings. The van der Waals surface area contributed by atoms with E-state index in [9.17, 15) is 4.79 Å².